The van der Waals surface area contributed by atoms with Crippen LogP contribution in [0.1, 0.15) is 32.3 Å². The summed E-state index contributed by atoms with van der Waals surface area (Å²) in [5.41, 5.74) is 11.3. The van der Waals surface area contributed by atoms with E-state index in [0.717, 1.165) is 0 Å². The van der Waals surface area contributed by atoms with Crippen LogP contribution in [0.15, 0.2) is 24.3 Å². The van der Waals surface area contributed by atoms with Crippen molar-refractivity contribution in [2.75, 3.05) is 12.0 Å². The highest BCUT2D eigenvalue weighted by Crippen LogP contribution is 2.12. The van der Waals surface area contributed by atoms with Gasteiger partial charge in [-0.05, 0) is 42.0 Å². The number of nitrogens with two attached hydrogens (primary N) is 2. The average molecular weight is 526 g/mol. The first kappa shape index (κ1) is 30.7. The number of benzene rings is 1. The second-order valence-corrected chi connectivity index (χ2v) is 9.61. The summed E-state index contributed by atoms with van der Waals surface area (Å²) < 4.78 is 0. The summed E-state index contributed by atoms with van der Waals surface area (Å²) in [6.07, 6.45) is 1.62. The number of phenolic OH excluding ortho intramolecular Hbond substituents is 1. The second-order valence-electron chi connectivity index (χ2n) is 8.62. The number of nitrogens with one attached hydrogen (secondary N) is 3. The number of amides is 4. The molecular formula is C23H35N5O7S. The van der Waals surface area contributed by atoms with Gasteiger partial charge in [0.05, 0.1) is 12.5 Å². The third-order valence-electron chi connectivity index (χ3n) is 5.24. The van der Waals surface area contributed by atoms with E-state index in [9.17, 15) is 34.2 Å². The summed E-state index contributed by atoms with van der Waals surface area (Å²) in [4.78, 5) is 61.1. The molecule has 0 aliphatic heterocycles. The standard InChI is InChI=1S/C23H35N5O7S/c1-12(2)19(22(33)27-17(23(34)35)10-13-4-6-14(29)7-5-13)28-21(32)16(8-9-36-3)26-20(31)15(24)11-18(25)30/h4-7,12,15-17,19,29H,8-11,24H2,1-3H3,(H2,25,30)(H,26,31)(H,27,33)(H,28,32)(H,34,35). The fraction of sp³-hybridized carbons (Fsp3) is 0.522. The molecule has 9 N–H and O–H groups in total. The van der Waals surface area contributed by atoms with Crippen molar-refractivity contribution >= 4 is 41.4 Å². The molecular weight excluding hydrogens is 490 g/mol. The predicted molar refractivity (Wildman–Crippen MR) is 135 cm³/mol. The summed E-state index contributed by atoms with van der Waals surface area (Å²) in [6.45, 7) is 3.36. The van der Waals surface area contributed by atoms with Gasteiger partial charge in [0.2, 0.25) is 23.6 Å². The number of phenols is 1. The van der Waals surface area contributed by atoms with E-state index < -0.39 is 66.1 Å². The Labute approximate surface area is 213 Å². The van der Waals surface area contributed by atoms with E-state index in [-0.39, 0.29) is 18.6 Å². The van der Waals surface area contributed by atoms with Crippen molar-refractivity contribution in [2.24, 2.45) is 17.4 Å². The van der Waals surface area contributed by atoms with Crippen LogP contribution in [-0.4, -0.2) is 76.0 Å². The molecule has 0 saturated carbocycles. The van der Waals surface area contributed by atoms with Crippen LogP contribution in [0.2, 0.25) is 0 Å². The Morgan fingerprint density at radius 1 is 0.944 bits per heavy atom. The maximum atomic E-state index is 13.0. The summed E-state index contributed by atoms with van der Waals surface area (Å²) in [5.74, 6) is -4.00. The van der Waals surface area contributed by atoms with Crippen molar-refractivity contribution in [1.82, 2.24) is 16.0 Å². The van der Waals surface area contributed by atoms with Gasteiger partial charge in [0.25, 0.3) is 0 Å². The summed E-state index contributed by atoms with van der Waals surface area (Å²) >= 11 is 1.44. The minimum absolute atomic E-state index is 0.0240. The fourth-order valence-electron chi connectivity index (χ4n) is 3.21. The number of hydrogen-bond donors (Lipinski definition) is 7. The van der Waals surface area contributed by atoms with Crippen molar-refractivity contribution in [3.63, 3.8) is 0 Å². The molecule has 0 spiro atoms. The van der Waals surface area contributed by atoms with Gasteiger partial charge in [-0.25, -0.2) is 4.79 Å². The lowest BCUT2D eigenvalue weighted by Crippen LogP contribution is -2.58. The molecule has 4 amide bonds. The molecule has 4 atom stereocenters. The molecule has 0 radical (unpaired) electrons. The molecule has 0 bridgehead atoms. The Morgan fingerprint density at radius 2 is 1.53 bits per heavy atom. The minimum Gasteiger partial charge on any atom is -0.508 e. The average Bonchev–Trinajstić information content (AvgIpc) is 2.79. The van der Waals surface area contributed by atoms with Gasteiger partial charge in [0, 0.05) is 6.42 Å². The van der Waals surface area contributed by atoms with Crippen LogP contribution >= 0.6 is 11.8 Å². The van der Waals surface area contributed by atoms with Crippen molar-refractivity contribution in [2.45, 2.75) is 57.3 Å². The molecule has 36 heavy (non-hydrogen) atoms. The van der Waals surface area contributed by atoms with Crippen molar-refractivity contribution in [3.05, 3.63) is 29.8 Å². The van der Waals surface area contributed by atoms with E-state index in [2.05, 4.69) is 16.0 Å². The Balaban J connectivity index is 2.95. The first-order valence-corrected chi connectivity index (χ1v) is 12.7. The smallest absolute Gasteiger partial charge is 0.326 e. The highest BCUT2D eigenvalue weighted by atomic mass is 32.2. The first-order chi connectivity index (χ1) is 16.8. The van der Waals surface area contributed by atoms with Gasteiger partial charge in [-0.1, -0.05) is 26.0 Å². The quantitative estimate of drug-likeness (QED) is 0.151. The number of primary amides is 1. The third kappa shape index (κ3) is 10.5. The largest absolute Gasteiger partial charge is 0.508 e. The van der Waals surface area contributed by atoms with Crippen LogP contribution in [0.4, 0.5) is 0 Å². The van der Waals surface area contributed by atoms with Crippen LogP contribution in [0.25, 0.3) is 0 Å². The molecule has 0 aliphatic rings. The zero-order chi connectivity index (χ0) is 27.4. The van der Waals surface area contributed by atoms with E-state index in [1.54, 1.807) is 26.0 Å². The highest BCUT2D eigenvalue weighted by Gasteiger charge is 2.32. The molecule has 0 saturated heterocycles. The Bertz CT molecular complexity index is 926. The lowest BCUT2D eigenvalue weighted by Gasteiger charge is -2.27. The van der Waals surface area contributed by atoms with Gasteiger partial charge < -0.3 is 37.6 Å². The van der Waals surface area contributed by atoms with Crippen LogP contribution in [-0.2, 0) is 30.4 Å². The Kier molecular flexibility index (Phi) is 12.7. The van der Waals surface area contributed by atoms with E-state index in [4.69, 9.17) is 11.5 Å². The normalized spacial score (nSPS) is 14.2. The Morgan fingerprint density at radius 3 is 2.03 bits per heavy atom. The van der Waals surface area contributed by atoms with E-state index >= 15 is 0 Å². The minimum atomic E-state index is -1.28. The zero-order valence-corrected chi connectivity index (χ0v) is 21.3. The number of aliphatic carboxylic acids is 1. The number of rotatable bonds is 15. The van der Waals surface area contributed by atoms with E-state index in [1.165, 1.54) is 23.9 Å². The molecule has 1 aromatic carbocycles. The van der Waals surface area contributed by atoms with Crippen LogP contribution in [0.5, 0.6) is 5.75 Å². The van der Waals surface area contributed by atoms with Crippen molar-refractivity contribution < 1.29 is 34.2 Å². The van der Waals surface area contributed by atoms with Crippen LogP contribution < -0.4 is 27.4 Å². The van der Waals surface area contributed by atoms with Gasteiger partial charge in [-0.15, -0.1) is 0 Å². The molecule has 0 aliphatic carbocycles. The number of carbonyl (C=O) groups excluding carboxylic acids is 4. The van der Waals surface area contributed by atoms with E-state index in [1.807, 2.05) is 6.26 Å². The van der Waals surface area contributed by atoms with Gasteiger partial charge in [-0.3, -0.25) is 19.2 Å². The third-order valence-corrected chi connectivity index (χ3v) is 5.88. The maximum Gasteiger partial charge on any atom is 0.326 e. The number of carbonyl (C=O) groups is 5. The molecule has 200 valence electrons. The molecule has 1 aromatic rings. The lowest BCUT2D eigenvalue weighted by molar-refractivity contribution is -0.142. The van der Waals surface area contributed by atoms with Gasteiger partial charge in [0.1, 0.15) is 23.9 Å². The summed E-state index contributed by atoms with van der Waals surface area (Å²) in [5, 5.41) is 26.5. The van der Waals surface area contributed by atoms with Gasteiger partial charge >= 0.3 is 5.97 Å². The molecule has 13 heteroatoms. The monoisotopic (exact) mass is 525 g/mol. The van der Waals surface area contributed by atoms with Crippen LogP contribution in [0, 0.1) is 5.92 Å². The number of thioether (sulfide) groups is 1. The predicted octanol–water partition coefficient (Wildman–Crippen LogP) is -0.914. The zero-order valence-electron chi connectivity index (χ0n) is 20.5. The van der Waals surface area contributed by atoms with Crippen molar-refractivity contribution in [1.29, 1.82) is 0 Å². The fourth-order valence-corrected chi connectivity index (χ4v) is 3.68. The topological polar surface area (TPSA) is 214 Å². The number of aromatic hydroxyl groups is 1. The lowest BCUT2D eigenvalue weighted by atomic mass is 10.0. The molecule has 4 unspecified atom stereocenters. The maximum absolute atomic E-state index is 13.0. The second kappa shape index (κ2) is 14.9. The van der Waals surface area contributed by atoms with Crippen LogP contribution in [0.3, 0.4) is 0 Å². The summed E-state index contributed by atoms with van der Waals surface area (Å²) in [6, 6.07) is 1.27. The number of carboxylic acids is 1. The Hall–Kier alpha value is -3.32. The molecule has 12 nitrogen and oxygen atoms in total. The number of hydrogen-bond acceptors (Lipinski definition) is 8. The highest BCUT2D eigenvalue weighted by molar-refractivity contribution is 7.98. The molecule has 1 rings (SSSR count). The molecule has 0 aromatic heterocycles. The van der Waals surface area contributed by atoms with Gasteiger partial charge in [-0.2, -0.15) is 11.8 Å². The van der Waals surface area contributed by atoms with Crippen molar-refractivity contribution in [3.8, 4) is 5.75 Å². The molecule has 0 heterocycles. The first-order valence-electron chi connectivity index (χ1n) is 11.3. The van der Waals surface area contributed by atoms with Gasteiger partial charge in [0.15, 0.2) is 0 Å². The van der Waals surface area contributed by atoms with E-state index in [0.29, 0.717) is 11.3 Å². The SMILES string of the molecule is CSCCC(NC(=O)C(N)CC(N)=O)C(=O)NC(C(=O)NC(Cc1ccc(O)cc1)C(=O)O)C(C)C. The molecule has 0 fully saturated rings. The number of carboxylic acid groups (broad SMARTS) is 1. The summed E-state index contributed by atoms with van der Waals surface area (Å²) in [7, 11) is 0.